The minimum absolute atomic E-state index is 1.19. The van der Waals surface area contributed by atoms with Gasteiger partial charge in [0.25, 0.3) is 0 Å². The molecule has 5 heteroatoms. The van der Waals surface area contributed by atoms with Crippen molar-refractivity contribution in [1.82, 2.24) is 0 Å². The summed E-state index contributed by atoms with van der Waals surface area (Å²) < 4.78 is 9.74. The van der Waals surface area contributed by atoms with Crippen molar-refractivity contribution in [3.63, 3.8) is 0 Å². The molecule has 0 aliphatic rings. The number of hydrogen-bond donors (Lipinski definition) is 1. The van der Waals surface area contributed by atoms with Gasteiger partial charge in [0.1, 0.15) is 0 Å². The minimum atomic E-state index is -2.14. The second-order valence-electron chi connectivity index (χ2n) is 0.803. The number of aliphatic carboxylic acids is 1. The van der Waals surface area contributed by atoms with Crippen LogP contribution < -0.4 is 0 Å². The van der Waals surface area contributed by atoms with Crippen LogP contribution in [0.4, 0.5) is 4.39 Å². The average molecular weight is 330 g/mol. The van der Waals surface area contributed by atoms with Gasteiger partial charge in [-0.15, -0.1) is 0 Å². The van der Waals surface area contributed by atoms with Gasteiger partial charge >= 0.3 is 7.65 Å². The lowest BCUT2D eigenvalue weighted by atomic mass is 10.8. The van der Waals surface area contributed by atoms with Crippen LogP contribution in [-0.4, -0.2) is 12.8 Å². The van der Waals surface area contributed by atoms with Crippen molar-refractivity contribution in [3.8, 4) is 0 Å². The Balaban J connectivity index is 3.79. The fraction of sp³-hybridized carbons (Fsp3) is 0.500. The Morgan fingerprint density at radius 3 is 1.86 bits per heavy atom. The van der Waals surface area contributed by atoms with Crippen LogP contribution in [0.2, 0.25) is 0 Å². The highest BCUT2D eigenvalue weighted by atomic mass is 127. The quantitative estimate of drug-likeness (QED) is 0.585. The van der Waals surface area contributed by atoms with E-state index < -0.39 is 7.65 Å². The van der Waals surface area contributed by atoms with Crippen LogP contribution in [0.25, 0.3) is 0 Å². The molecule has 0 aliphatic carbocycles. The first-order chi connectivity index (χ1) is 2.94. The first kappa shape index (κ1) is 7.86. The van der Waals surface area contributed by atoms with Gasteiger partial charge in [-0.2, -0.15) is 0 Å². The smallest absolute Gasteiger partial charge is 0.362 e. The van der Waals surface area contributed by atoms with E-state index in [1.807, 2.05) is 0 Å². The number of rotatable bonds is 1. The summed E-state index contributed by atoms with van der Waals surface area (Å²) >= 11 is 2.37. The Morgan fingerprint density at radius 2 is 1.86 bits per heavy atom. The van der Waals surface area contributed by atoms with E-state index in [-0.39, 0.29) is 0 Å². The van der Waals surface area contributed by atoms with Gasteiger partial charge in [-0.3, -0.25) is 0 Å². The highest BCUT2D eigenvalue weighted by Crippen LogP contribution is 2.28. The Bertz CT molecular complexity index is 86.2. The molecule has 0 fully saturated rings. The van der Waals surface area contributed by atoms with Crippen LogP contribution in [0.5, 0.6) is 0 Å². The summed E-state index contributed by atoms with van der Waals surface area (Å²) in [5, 5.41) is 7.86. The van der Waals surface area contributed by atoms with Gasteiger partial charge in [0.15, 0.2) is 0 Å². The largest absolute Gasteiger partial charge is 0.478 e. The second-order valence-corrected chi connectivity index (χ2v) is 5.84. The predicted molar refractivity (Wildman–Crippen MR) is 39.5 cm³/mol. The molecule has 0 rings (SSSR count). The number of halogens is 3. The predicted octanol–water partition coefficient (Wildman–Crippen LogP) is 1.56. The molecule has 42 valence electrons. The van der Waals surface area contributed by atoms with E-state index in [4.69, 9.17) is 5.11 Å². The lowest BCUT2D eigenvalue weighted by Crippen LogP contribution is -2.16. The van der Waals surface area contributed by atoms with Gasteiger partial charge < -0.3 is 5.11 Å². The summed E-state index contributed by atoms with van der Waals surface area (Å²) in [6.45, 7) is 0. The van der Waals surface area contributed by atoms with Crippen molar-refractivity contribution in [2.75, 3.05) is 0 Å². The molecule has 0 saturated carbocycles. The minimum Gasteiger partial charge on any atom is -0.478 e. The maximum Gasteiger partial charge on any atom is 0.362 e. The first-order valence-corrected chi connectivity index (χ1v) is 3.40. The Hall–Kier alpha value is 0.860. The third kappa shape index (κ3) is 3.44. The molecule has 1 N–H and O–H groups in total. The summed E-state index contributed by atoms with van der Waals surface area (Å²) in [5.74, 6) is -1.45. The fourth-order valence-electron chi connectivity index (χ4n) is 0. The molecule has 0 amide bonds. The van der Waals surface area contributed by atoms with E-state index in [1.54, 1.807) is 0 Å². The standard InChI is InChI=1S/C2HFI2O2/c3-2(4,5)1(6)7/h(H,6,7). The number of carbonyl (C=O) groups is 1. The first-order valence-electron chi connectivity index (χ1n) is 1.24. The van der Waals surface area contributed by atoms with Gasteiger partial charge in [-0.1, -0.05) is 0 Å². The second kappa shape index (κ2) is 2.42. The van der Waals surface area contributed by atoms with Crippen LogP contribution in [0.3, 0.4) is 0 Å². The van der Waals surface area contributed by atoms with E-state index in [9.17, 15) is 9.18 Å². The van der Waals surface area contributed by atoms with Crippen LogP contribution >= 0.6 is 45.2 Å². The average Bonchev–Trinajstić information content (AvgIpc) is 1.31. The Morgan fingerprint density at radius 1 is 1.71 bits per heavy atom. The fourth-order valence-corrected chi connectivity index (χ4v) is 0. The normalized spacial score (nSPS) is 11.3. The zero-order valence-electron chi connectivity index (χ0n) is 2.99. The molecular formula is C2HFI2O2. The van der Waals surface area contributed by atoms with E-state index >= 15 is 0 Å². The number of hydrogen-bond acceptors (Lipinski definition) is 1. The summed E-state index contributed by atoms with van der Waals surface area (Å²) in [5.41, 5.74) is 0. The molecule has 0 radical (unpaired) electrons. The van der Waals surface area contributed by atoms with Gasteiger partial charge in [0.2, 0.25) is 0 Å². The van der Waals surface area contributed by atoms with Crippen molar-refractivity contribution in [2.24, 2.45) is 0 Å². The van der Waals surface area contributed by atoms with Crippen LogP contribution in [0, 0.1) is 0 Å². The Labute approximate surface area is 66.7 Å². The topological polar surface area (TPSA) is 37.3 Å². The third-order valence-electron chi connectivity index (χ3n) is 0.243. The zero-order chi connectivity index (χ0) is 6.08. The molecule has 0 spiro atoms. The number of carboxylic acid groups (broad SMARTS) is 1. The van der Waals surface area contributed by atoms with Crippen molar-refractivity contribution in [1.29, 1.82) is 0 Å². The molecule has 0 saturated heterocycles. The third-order valence-corrected chi connectivity index (χ3v) is 1.17. The van der Waals surface area contributed by atoms with E-state index in [1.165, 1.54) is 45.2 Å². The molecule has 2 nitrogen and oxygen atoms in total. The summed E-state index contributed by atoms with van der Waals surface area (Å²) in [6, 6.07) is 0. The lowest BCUT2D eigenvalue weighted by Gasteiger charge is -1.99. The van der Waals surface area contributed by atoms with E-state index in [0.717, 1.165) is 0 Å². The van der Waals surface area contributed by atoms with Crippen molar-refractivity contribution in [2.45, 2.75) is 1.68 Å². The van der Waals surface area contributed by atoms with Gasteiger partial charge in [-0.05, 0) is 45.2 Å². The molecule has 0 aromatic carbocycles. The van der Waals surface area contributed by atoms with Gasteiger partial charge in [0.05, 0.1) is 0 Å². The molecule has 0 aromatic heterocycles. The lowest BCUT2D eigenvalue weighted by molar-refractivity contribution is -0.139. The zero-order valence-corrected chi connectivity index (χ0v) is 7.30. The Kier molecular flexibility index (Phi) is 2.72. The van der Waals surface area contributed by atoms with Crippen LogP contribution in [0.15, 0.2) is 0 Å². The monoisotopic (exact) mass is 330 g/mol. The number of carboxylic acids is 1. The van der Waals surface area contributed by atoms with Gasteiger partial charge in [-0.25, -0.2) is 9.18 Å². The highest BCUT2D eigenvalue weighted by Gasteiger charge is 2.30. The van der Waals surface area contributed by atoms with Gasteiger partial charge in [0, 0.05) is 0 Å². The van der Waals surface area contributed by atoms with E-state index in [2.05, 4.69) is 0 Å². The number of alkyl halides is 3. The van der Waals surface area contributed by atoms with Crippen molar-refractivity contribution in [3.05, 3.63) is 0 Å². The molecule has 0 heterocycles. The van der Waals surface area contributed by atoms with Crippen molar-refractivity contribution >= 4 is 51.2 Å². The molecule has 0 aliphatic heterocycles. The molecular weight excluding hydrogens is 329 g/mol. The molecule has 0 atom stereocenters. The maximum atomic E-state index is 11.9. The summed E-state index contributed by atoms with van der Waals surface area (Å²) in [4.78, 5) is 9.63. The van der Waals surface area contributed by atoms with Crippen molar-refractivity contribution < 1.29 is 14.3 Å². The highest BCUT2D eigenvalue weighted by molar-refractivity contribution is 14.2. The molecule has 7 heavy (non-hydrogen) atoms. The van der Waals surface area contributed by atoms with E-state index in [0.29, 0.717) is 0 Å². The summed E-state index contributed by atoms with van der Waals surface area (Å²) in [7, 11) is 0. The maximum absolute atomic E-state index is 11.9. The summed E-state index contributed by atoms with van der Waals surface area (Å²) in [6.07, 6.45) is 0. The molecule has 0 bridgehead atoms. The molecule has 0 aromatic rings. The SMILES string of the molecule is O=C(O)C(F)(I)I. The van der Waals surface area contributed by atoms with Crippen LogP contribution in [-0.2, 0) is 4.79 Å². The van der Waals surface area contributed by atoms with Crippen LogP contribution in [0.1, 0.15) is 0 Å². The molecule has 0 unspecified atom stereocenters.